The van der Waals surface area contributed by atoms with Gasteiger partial charge in [-0.3, -0.25) is 13.9 Å². The summed E-state index contributed by atoms with van der Waals surface area (Å²) >= 11 is 5.98. The molecule has 0 bridgehead atoms. The van der Waals surface area contributed by atoms with Crippen LogP contribution in [0.4, 0.5) is 10.1 Å². The van der Waals surface area contributed by atoms with Crippen molar-refractivity contribution in [2.24, 2.45) is 0 Å². The van der Waals surface area contributed by atoms with Crippen molar-refractivity contribution in [1.82, 2.24) is 10.2 Å². The number of anilines is 1. The molecule has 0 unspecified atom stereocenters. The van der Waals surface area contributed by atoms with E-state index in [-0.39, 0.29) is 49.5 Å². The summed E-state index contributed by atoms with van der Waals surface area (Å²) in [5.74, 6) is -1.22. The average Bonchev–Trinajstić information content (AvgIpc) is 2.77. The Balaban J connectivity index is 2.22. The van der Waals surface area contributed by atoms with Gasteiger partial charge in [0.25, 0.3) is 0 Å². The first-order chi connectivity index (χ1) is 16.4. The molecule has 0 radical (unpaired) electrons. The van der Waals surface area contributed by atoms with Gasteiger partial charge in [0, 0.05) is 30.6 Å². The topological polar surface area (TPSA) is 86.8 Å². The van der Waals surface area contributed by atoms with Crippen molar-refractivity contribution >= 4 is 39.1 Å². The molecule has 0 heterocycles. The summed E-state index contributed by atoms with van der Waals surface area (Å²) in [7, 11) is -3.77. The normalized spacial score (nSPS) is 12.3. The van der Waals surface area contributed by atoms with Gasteiger partial charge in [0.2, 0.25) is 21.8 Å². The molecule has 2 amide bonds. The molecule has 2 rings (SSSR count). The number of amides is 2. The number of rotatable bonds is 12. The number of para-hydroxylation sites is 1. The third kappa shape index (κ3) is 8.50. The standard InChI is InChI=1S/C25H33ClFN3O4S/c1-5-22(25(32)28-18(2)3)29(17-19-12-14-20(26)15-13-19)24(31)11-8-16-30(35(4,33)34)23-10-7-6-9-21(23)27/h6-7,9-10,12-15,18,22H,5,8,11,16-17H2,1-4H3,(H,28,32)/t22-/m1/s1. The molecule has 0 spiro atoms. The zero-order valence-corrected chi connectivity index (χ0v) is 22.1. The molecule has 0 fully saturated rings. The first-order valence-corrected chi connectivity index (χ1v) is 13.7. The molecule has 7 nitrogen and oxygen atoms in total. The monoisotopic (exact) mass is 525 g/mol. The Bertz CT molecular complexity index is 1110. The molecular formula is C25H33ClFN3O4S. The van der Waals surface area contributed by atoms with Crippen molar-refractivity contribution in [3.8, 4) is 0 Å². The minimum Gasteiger partial charge on any atom is -0.352 e. The SMILES string of the molecule is CC[C@H](C(=O)NC(C)C)N(Cc1ccc(Cl)cc1)C(=O)CCCN(c1ccccc1F)S(C)(=O)=O. The molecule has 10 heteroatoms. The quantitative estimate of drug-likeness (QED) is 0.446. The van der Waals surface area contributed by atoms with Crippen LogP contribution in [0.1, 0.15) is 45.6 Å². The fourth-order valence-corrected chi connectivity index (χ4v) is 4.82. The van der Waals surface area contributed by atoms with Crippen LogP contribution in [-0.4, -0.2) is 50.0 Å². The number of halogens is 2. The Morgan fingerprint density at radius 1 is 1.09 bits per heavy atom. The summed E-state index contributed by atoms with van der Waals surface area (Å²) in [6.07, 6.45) is 1.54. The van der Waals surface area contributed by atoms with Crippen LogP contribution in [0.3, 0.4) is 0 Å². The van der Waals surface area contributed by atoms with E-state index >= 15 is 0 Å². The molecule has 0 aromatic heterocycles. The van der Waals surface area contributed by atoms with Crippen molar-refractivity contribution in [1.29, 1.82) is 0 Å². The van der Waals surface area contributed by atoms with Crippen LogP contribution < -0.4 is 9.62 Å². The number of nitrogens with zero attached hydrogens (tertiary/aromatic N) is 2. The summed E-state index contributed by atoms with van der Waals surface area (Å²) in [5.41, 5.74) is 0.742. The number of benzene rings is 2. The van der Waals surface area contributed by atoms with E-state index in [1.807, 2.05) is 20.8 Å². The summed E-state index contributed by atoms with van der Waals surface area (Å²) in [6.45, 7) is 5.64. The van der Waals surface area contributed by atoms with Crippen molar-refractivity contribution in [2.45, 2.75) is 58.7 Å². The molecule has 2 aromatic carbocycles. The minimum atomic E-state index is -3.77. The number of hydrogen-bond donors (Lipinski definition) is 1. The zero-order chi connectivity index (χ0) is 26.2. The Kier molecular flexibility index (Phi) is 10.5. The molecule has 35 heavy (non-hydrogen) atoms. The minimum absolute atomic E-state index is 0.0144. The number of sulfonamides is 1. The predicted octanol–water partition coefficient (Wildman–Crippen LogP) is 4.36. The lowest BCUT2D eigenvalue weighted by Crippen LogP contribution is -2.50. The highest BCUT2D eigenvalue weighted by atomic mass is 35.5. The molecule has 0 saturated carbocycles. The maximum Gasteiger partial charge on any atom is 0.243 e. The number of carbonyl (C=O) groups is 2. The Morgan fingerprint density at radius 2 is 1.71 bits per heavy atom. The lowest BCUT2D eigenvalue weighted by Gasteiger charge is -2.31. The van der Waals surface area contributed by atoms with Gasteiger partial charge >= 0.3 is 0 Å². The third-order valence-electron chi connectivity index (χ3n) is 5.36. The smallest absolute Gasteiger partial charge is 0.243 e. The van der Waals surface area contributed by atoms with Crippen molar-refractivity contribution < 1.29 is 22.4 Å². The fourth-order valence-electron chi connectivity index (χ4n) is 3.72. The molecule has 0 aliphatic carbocycles. The van der Waals surface area contributed by atoms with Crippen molar-refractivity contribution in [3.05, 3.63) is 64.9 Å². The van der Waals surface area contributed by atoms with Crippen LogP contribution in [0.25, 0.3) is 0 Å². The van der Waals surface area contributed by atoms with Gasteiger partial charge in [-0.1, -0.05) is 42.8 Å². The third-order valence-corrected chi connectivity index (χ3v) is 6.79. The maximum absolute atomic E-state index is 14.3. The first-order valence-electron chi connectivity index (χ1n) is 11.5. The predicted molar refractivity (Wildman–Crippen MR) is 137 cm³/mol. The van der Waals surface area contributed by atoms with E-state index in [1.165, 1.54) is 23.1 Å². The second-order valence-electron chi connectivity index (χ2n) is 8.63. The van der Waals surface area contributed by atoms with Crippen LogP contribution in [0.5, 0.6) is 0 Å². The van der Waals surface area contributed by atoms with Gasteiger partial charge in [-0.05, 0) is 56.5 Å². The van der Waals surface area contributed by atoms with E-state index in [1.54, 1.807) is 30.3 Å². The highest BCUT2D eigenvalue weighted by Gasteiger charge is 2.29. The first kappa shape index (κ1) is 28.6. The van der Waals surface area contributed by atoms with Gasteiger partial charge in [-0.2, -0.15) is 0 Å². The highest BCUT2D eigenvalue weighted by Crippen LogP contribution is 2.22. The largest absolute Gasteiger partial charge is 0.352 e. The summed E-state index contributed by atoms with van der Waals surface area (Å²) in [5, 5.41) is 3.42. The van der Waals surface area contributed by atoms with E-state index < -0.39 is 21.9 Å². The molecule has 2 aromatic rings. The van der Waals surface area contributed by atoms with Crippen molar-refractivity contribution in [2.75, 3.05) is 17.1 Å². The van der Waals surface area contributed by atoms with Crippen LogP contribution in [-0.2, 0) is 26.2 Å². The molecule has 0 aliphatic rings. The maximum atomic E-state index is 14.3. The lowest BCUT2D eigenvalue weighted by atomic mass is 10.1. The molecule has 1 atom stereocenters. The summed E-state index contributed by atoms with van der Waals surface area (Å²) in [4.78, 5) is 27.7. The van der Waals surface area contributed by atoms with Gasteiger partial charge in [0.1, 0.15) is 11.9 Å². The van der Waals surface area contributed by atoms with Crippen LogP contribution in [0, 0.1) is 5.82 Å². The second-order valence-corrected chi connectivity index (χ2v) is 11.0. The van der Waals surface area contributed by atoms with E-state index in [2.05, 4.69) is 5.32 Å². The van der Waals surface area contributed by atoms with Gasteiger partial charge in [-0.25, -0.2) is 12.8 Å². The lowest BCUT2D eigenvalue weighted by molar-refractivity contribution is -0.141. The van der Waals surface area contributed by atoms with E-state index in [0.29, 0.717) is 11.4 Å². The molecular weight excluding hydrogens is 493 g/mol. The van der Waals surface area contributed by atoms with E-state index in [4.69, 9.17) is 11.6 Å². The number of hydrogen-bond acceptors (Lipinski definition) is 4. The summed E-state index contributed by atoms with van der Waals surface area (Å²) < 4.78 is 39.8. The average molecular weight is 526 g/mol. The van der Waals surface area contributed by atoms with Crippen LogP contribution in [0.2, 0.25) is 5.02 Å². The van der Waals surface area contributed by atoms with Gasteiger partial charge in [0.05, 0.1) is 11.9 Å². The van der Waals surface area contributed by atoms with E-state index in [0.717, 1.165) is 16.1 Å². The zero-order valence-electron chi connectivity index (χ0n) is 20.5. The highest BCUT2D eigenvalue weighted by molar-refractivity contribution is 7.92. The van der Waals surface area contributed by atoms with Crippen LogP contribution in [0.15, 0.2) is 48.5 Å². The van der Waals surface area contributed by atoms with Gasteiger partial charge in [0.15, 0.2) is 0 Å². The second kappa shape index (κ2) is 12.9. The number of nitrogens with one attached hydrogen (secondary N) is 1. The van der Waals surface area contributed by atoms with E-state index in [9.17, 15) is 22.4 Å². The number of carbonyl (C=O) groups excluding carboxylic acids is 2. The van der Waals surface area contributed by atoms with Gasteiger partial charge in [-0.15, -0.1) is 0 Å². The van der Waals surface area contributed by atoms with Gasteiger partial charge < -0.3 is 10.2 Å². The Morgan fingerprint density at radius 3 is 2.26 bits per heavy atom. The molecule has 0 saturated heterocycles. The van der Waals surface area contributed by atoms with Crippen molar-refractivity contribution in [3.63, 3.8) is 0 Å². The van der Waals surface area contributed by atoms with Crippen LogP contribution >= 0.6 is 11.6 Å². The summed E-state index contributed by atoms with van der Waals surface area (Å²) in [6, 6.07) is 11.8. The Hall–Kier alpha value is -2.65. The molecule has 1 N–H and O–H groups in total. The molecule has 0 aliphatic heterocycles. The molecule has 192 valence electrons. The Labute approximate surface area is 212 Å². The fraction of sp³-hybridized carbons (Fsp3) is 0.440.